The Balaban J connectivity index is 1.49. The summed E-state index contributed by atoms with van der Waals surface area (Å²) < 4.78 is 0.733. The van der Waals surface area contributed by atoms with Gasteiger partial charge in [0, 0.05) is 10.7 Å². The maximum absolute atomic E-state index is 12.1. The molecule has 0 bridgehead atoms. The third-order valence-electron chi connectivity index (χ3n) is 3.49. The maximum Gasteiger partial charge on any atom is 0.230 e. The minimum absolute atomic E-state index is 0.0289. The second-order valence-electron chi connectivity index (χ2n) is 5.50. The van der Waals surface area contributed by atoms with Crippen LogP contribution in [0.15, 0.2) is 58.9 Å². The quantitative estimate of drug-likeness (QED) is 0.548. The van der Waals surface area contributed by atoms with Crippen LogP contribution < -0.4 is 10.6 Å². The van der Waals surface area contributed by atoms with E-state index in [0.717, 1.165) is 15.6 Å². The number of anilines is 2. The van der Waals surface area contributed by atoms with Crippen LogP contribution in [0.4, 0.5) is 10.8 Å². The molecule has 3 rings (SSSR count). The third-order valence-corrected chi connectivity index (χ3v) is 5.69. The van der Waals surface area contributed by atoms with Crippen LogP contribution >= 0.6 is 34.7 Å². The molecule has 0 fully saturated rings. The number of nitrogens with zero attached hydrogens (tertiary/aromatic N) is 2. The fourth-order valence-electron chi connectivity index (χ4n) is 2.24. The van der Waals surface area contributed by atoms with Gasteiger partial charge in [0.2, 0.25) is 11.0 Å². The number of aromatic nitrogens is 2. The predicted molar refractivity (Wildman–Crippen MR) is 108 cm³/mol. The van der Waals surface area contributed by atoms with Gasteiger partial charge in [0.15, 0.2) is 4.34 Å². The molecule has 1 aromatic heterocycles. The van der Waals surface area contributed by atoms with Crippen LogP contribution in [0.2, 0.25) is 5.02 Å². The number of rotatable bonds is 7. The highest BCUT2D eigenvalue weighted by atomic mass is 35.5. The van der Waals surface area contributed by atoms with Crippen LogP contribution in [0.25, 0.3) is 0 Å². The monoisotopic (exact) mass is 404 g/mol. The summed E-state index contributed by atoms with van der Waals surface area (Å²) in [5.74, 6) is 0.258. The zero-order chi connectivity index (χ0) is 18.4. The number of benzene rings is 2. The number of nitrogens with one attached hydrogen (secondary N) is 2. The largest absolute Gasteiger partial charge is 0.349 e. The normalized spacial score (nSPS) is 11.8. The van der Waals surface area contributed by atoms with Crippen molar-refractivity contribution in [3.05, 3.63) is 65.2 Å². The summed E-state index contributed by atoms with van der Waals surface area (Å²) in [6, 6.07) is 17.2. The Morgan fingerprint density at radius 3 is 2.77 bits per heavy atom. The third kappa shape index (κ3) is 5.45. The molecular formula is C18H17ClN4OS2. The second kappa shape index (κ2) is 9.02. The Morgan fingerprint density at radius 2 is 2.00 bits per heavy atom. The first kappa shape index (κ1) is 18.7. The summed E-state index contributed by atoms with van der Waals surface area (Å²) in [4.78, 5) is 12.1. The van der Waals surface area contributed by atoms with E-state index in [2.05, 4.69) is 20.8 Å². The van der Waals surface area contributed by atoms with Crippen molar-refractivity contribution in [3.8, 4) is 0 Å². The highest BCUT2D eigenvalue weighted by molar-refractivity contribution is 8.01. The zero-order valence-electron chi connectivity index (χ0n) is 14.0. The fourth-order valence-corrected chi connectivity index (χ4v) is 4.02. The van der Waals surface area contributed by atoms with Crippen LogP contribution in [-0.4, -0.2) is 21.9 Å². The molecule has 0 aliphatic heterocycles. The van der Waals surface area contributed by atoms with Crippen LogP contribution in [-0.2, 0) is 4.79 Å². The van der Waals surface area contributed by atoms with E-state index < -0.39 is 0 Å². The number of halogens is 1. The van der Waals surface area contributed by atoms with E-state index in [1.165, 1.54) is 23.1 Å². The highest BCUT2D eigenvalue weighted by Crippen LogP contribution is 2.28. The van der Waals surface area contributed by atoms with Gasteiger partial charge in [0.1, 0.15) is 0 Å². The van der Waals surface area contributed by atoms with Crippen LogP contribution in [0.5, 0.6) is 0 Å². The van der Waals surface area contributed by atoms with E-state index in [-0.39, 0.29) is 11.9 Å². The van der Waals surface area contributed by atoms with Crippen molar-refractivity contribution in [1.82, 2.24) is 15.5 Å². The van der Waals surface area contributed by atoms with Gasteiger partial charge in [0.25, 0.3) is 0 Å². The van der Waals surface area contributed by atoms with Gasteiger partial charge in [-0.1, -0.05) is 71.1 Å². The second-order valence-corrected chi connectivity index (χ2v) is 8.13. The van der Waals surface area contributed by atoms with Gasteiger partial charge in [0.05, 0.1) is 11.8 Å². The van der Waals surface area contributed by atoms with E-state index in [4.69, 9.17) is 11.6 Å². The first-order valence-electron chi connectivity index (χ1n) is 7.93. The Morgan fingerprint density at radius 1 is 1.19 bits per heavy atom. The molecule has 134 valence electrons. The molecule has 8 heteroatoms. The Labute approximate surface area is 165 Å². The molecule has 0 radical (unpaired) electrons. The number of thioether (sulfide) groups is 1. The lowest BCUT2D eigenvalue weighted by molar-refractivity contribution is -0.119. The first-order chi connectivity index (χ1) is 12.6. The lowest BCUT2D eigenvalue weighted by atomic mass is 10.1. The molecule has 1 atom stereocenters. The van der Waals surface area contributed by atoms with Crippen molar-refractivity contribution in [2.24, 2.45) is 0 Å². The summed E-state index contributed by atoms with van der Waals surface area (Å²) in [5.41, 5.74) is 1.93. The summed E-state index contributed by atoms with van der Waals surface area (Å²) in [6.07, 6.45) is 0. The van der Waals surface area contributed by atoms with E-state index in [1.54, 1.807) is 0 Å². The van der Waals surface area contributed by atoms with Crippen molar-refractivity contribution < 1.29 is 4.79 Å². The molecule has 1 amide bonds. The molecule has 0 saturated heterocycles. The standard InChI is InChI=1S/C18H17ClN4OS2/c1-12(13-6-3-2-4-7-13)20-16(24)11-25-18-23-22-17(26-18)21-15-9-5-8-14(19)10-15/h2-10,12H,11H2,1H3,(H,20,24)(H,21,22)/t12-/m1/s1. The molecule has 0 aliphatic carbocycles. The van der Waals surface area contributed by atoms with Gasteiger partial charge in [-0.2, -0.15) is 0 Å². The van der Waals surface area contributed by atoms with Crippen molar-refractivity contribution in [3.63, 3.8) is 0 Å². The maximum atomic E-state index is 12.1. The van der Waals surface area contributed by atoms with Gasteiger partial charge in [-0.3, -0.25) is 4.79 Å². The molecule has 1 heterocycles. The number of hydrogen-bond donors (Lipinski definition) is 2. The molecule has 2 aromatic carbocycles. The molecule has 0 aliphatic rings. The Hall–Kier alpha value is -2.09. The lowest BCUT2D eigenvalue weighted by Gasteiger charge is -2.13. The van der Waals surface area contributed by atoms with Crippen molar-refractivity contribution in [2.75, 3.05) is 11.1 Å². The molecule has 0 saturated carbocycles. The molecule has 0 spiro atoms. The fraction of sp³-hybridized carbons (Fsp3) is 0.167. The van der Waals surface area contributed by atoms with E-state index in [9.17, 15) is 4.79 Å². The van der Waals surface area contributed by atoms with E-state index in [0.29, 0.717) is 15.9 Å². The topological polar surface area (TPSA) is 66.9 Å². The number of amides is 1. The van der Waals surface area contributed by atoms with Crippen molar-refractivity contribution in [1.29, 1.82) is 0 Å². The summed E-state index contributed by atoms with van der Waals surface area (Å²) in [6.45, 7) is 1.97. The molecule has 5 nitrogen and oxygen atoms in total. The lowest BCUT2D eigenvalue weighted by Crippen LogP contribution is -2.28. The Bertz CT molecular complexity index is 872. The van der Waals surface area contributed by atoms with E-state index >= 15 is 0 Å². The van der Waals surface area contributed by atoms with Crippen LogP contribution in [0.3, 0.4) is 0 Å². The minimum Gasteiger partial charge on any atom is -0.349 e. The van der Waals surface area contributed by atoms with Crippen molar-refractivity contribution >= 4 is 51.4 Å². The van der Waals surface area contributed by atoms with Gasteiger partial charge in [-0.15, -0.1) is 10.2 Å². The zero-order valence-corrected chi connectivity index (χ0v) is 16.4. The minimum atomic E-state index is -0.0362. The molecule has 2 N–H and O–H groups in total. The van der Waals surface area contributed by atoms with Gasteiger partial charge in [-0.05, 0) is 30.7 Å². The van der Waals surface area contributed by atoms with Crippen molar-refractivity contribution in [2.45, 2.75) is 17.3 Å². The molecular weight excluding hydrogens is 388 g/mol. The summed E-state index contributed by atoms with van der Waals surface area (Å²) in [7, 11) is 0. The van der Waals surface area contributed by atoms with Crippen LogP contribution in [0.1, 0.15) is 18.5 Å². The predicted octanol–water partition coefficient (Wildman–Crippen LogP) is 4.90. The number of hydrogen-bond acceptors (Lipinski definition) is 6. The number of carbonyl (C=O) groups excluding carboxylic acids is 1. The van der Waals surface area contributed by atoms with Crippen LogP contribution in [0, 0.1) is 0 Å². The highest BCUT2D eigenvalue weighted by Gasteiger charge is 2.12. The molecule has 0 unspecified atom stereocenters. The smallest absolute Gasteiger partial charge is 0.230 e. The average Bonchev–Trinajstić information content (AvgIpc) is 3.08. The van der Waals surface area contributed by atoms with E-state index in [1.807, 2.05) is 61.5 Å². The number of carbonyl (C=O) groups is 1. The SMILES string of the molecule is C[C@@H](NC(=O)CSc1nnc(Nc2cccc(Cl)c2)s1)c1ccccc1. The van der Waals surface area contributed by atoms with Gasteiger partial charge >= 0.3 is 0 Å². The average molecular weight is 405 g/mol. The molecule has 26 heavy (non-hydrogen) atoms. The van der Waals surface area contributed by atoms with Gasteiger partial charge < -0.3 is 10.6 Å². The Kier molecular flexibility index (Phi) is 6.49. The molecule has 3 aromatic rings. The summed E-state index contributed by atoms with van der Waals surface area (Å²) in [5, 5.41) is 15.6. The first-order valence-corrected chi connectivity index (χ1v) is 10.1. The van der Waals surface area contributed by atoms with Gasteiger partial charge in [-0.25, -0.2) is 0 Å². The summed E-state index contributed by atoms with van der Waals surface area (Å²) >= 11 is 8.73.